The minimum absolute atomic E-state index is 0.0610. The van der Waals surface area contributed by atoms with Crippen molar-refractivity contribution in [2.24, 2.45) is 0 Å². The zero-order chi connectivity index (χ0) is 17.2. The van der Waals surface area contributed by atoms with Crippen LogP contribution in [0.1, 0.15) is 12.0 Å². The fourth-order valence-corrected chi connectivity index (χ4v) is 2.65. The van der Waals surface area contributed by atoms with Gasteiger partial charge in [-0.25, -0.2) is 0 Å². The number of methoxy groups -OCH3 is 1. The number of nitrogens with zero attached hydrogens (tertiary/aromatic N) is 1. The van der Waals surface area contributed by atoms with E-state index in [2.05, 4.69) is 15.9 Å². The lowest BCUT2D eigenvalue weighted by Crippen LogP contribution is -2.34. The van der Waals surface area contributed by atoms with Gasteiger partial charge in [0, 0.05) is 24.7 Å². The van der Waals surface area contributed by atoms with Crippen LogP contribution in [0.4, 0.5) is 0 Å². The number of halogens is 1. The smallest absolute Gasteiger partial charge is 0.226 e. The number of ether oxygens (including phenoxy) is 2. The van der Waals surface area contributed by atoms with Crippen LogP contribution >= 0.6 is 15.9 Å². The average Bonchev–Trinajstić information content (AvgIpc) is 2.59. The molecule has 0 atom stereocenters. The van der Waals surface area contributed by atoms with Gasteiger partial charge in [-0.05, 0) is 23.8 Å². The van der Waals surface area contributed by atoms with E-state index in [9.17, 15) is 4.79 Å². The zero-order valence-electron chi connectivity index (χ0n) is 13.8. The first-order valence-corrected chi connectivity index (χ1v) is 8.67. The summed E-state index contributed by atoms with van der Waals surface area (Å²) in [5.74, 6) is 0.814. The second-order valence-corrected chi connectivity index (χ2v) is 6.27. The van der Waals surface area contributed by atoms with Gasteiger partial charge in [0.05, 0.1) is 19.6 Å². The Labute approximate surface area is 151 Å². The van der Waals surface area contributed by atoms with Crippen LogP contribution in [0, 0.1) is 0 Å². The number of carbonyl (C=O) groups excluding carboxylic acids is 1. The van der Waals surface area contributed by atoms with Gasteiger partial charge >= 0.3 is 0 Å². The summed E-state index contributed by atoms with van der Waals surface area (Å²) in [4.78, 5) is 14.3. The fourth-order valence-electron chi connectivity index (χ4n) is 2.27. The molecule has 0 aliphatic heterocycles. The minimum atomic E-state index is 0.0610. The lowest BCUT2D eigenvalue weighted by Gasteiger charge is -2.22. The van der Waals surface area contributed by atoms with Gasteiger partial charge < -0.3 is 14.4 Å². The number of carbonyl (C=O) groups is 1. The molecule has 0 heterocycles. The van der Waals surface area contributed by atoms with Gasteiger partial charge in [0.25, 0.3) is 0 Å². The van der Waals surface area contributed by atoms with Crippen LogP contribution in [0.25, 0.3) is 0 Å². The second-order valence-electron chi connectivity index (χ2n) is 5.35. The van der Waals surface area contributed by atoms with Crippen molar-refractivity contribution in [1.29, 1.82) is 0 Å². The van der Waals surface area contributed by atoms with E-state index in [0.29, 0.717) is 32.7 Å². The molecule has 0 radical (unpaired) electrons. The molecule has 0 N–H and O–H groups in total. The van der Waals surface area contributed by atoms with E-state index in [4.69, 9.17) is 9.47 Å². The Hall–Kier alpha value is -1.85. The number of rotatable bonds is 9. The van der Waals surface area contributed by atoms with Crippen LogP contribution < -0.4 is 4.74 Å². The first kappa shape index (κ1) is 18.5. The topological polar surface area (TPSA) is 38.8 Å². The number of hydrogen-bond donors (Lipinski definition) is 0. The zero-order valence-corrected chi connectivity index (χ0v) is 15.4. The summed E-state index contributed by atoms with van der Waals surface area (Å²) in [6, 6.07) is 17.6. The van der Waals surface area contributed by atoms with E-state index in [1.807, 2.05) is 59.5 Å². The lowest BCUT2D eigenvalue weighted by molar-refractivity contribution is -0.133. The molecule has 0 fully saturated rings. The van der Waals surface area contributed by atoms with Crippen LogP contribution in [0.5, 0.6) is 5.75 Å². The summed E-state index contributed by atoms with van der Waals surface area (Å²) in [6.45, 7) is 2.03. The van der Waals surface area contributed by atoms with Crippen molar-refractivity contribution in [1.82, 2.24) is 4.90 Å². The molecule has 0 bridgehead atoms. The van der Waals surface area contributed by atoms with Crippen LogP contribution in [-0.4, -0.2) is 37.7 Å². The van der Waals surface area contributed by atoms with Crippen molar-refractivity contribution in [2.75, 3.05) is 26.9 Å². The summed E-state index contributed by atoms with van der Waals surface area (Å²) in [5, 5.41) is 0. The van der Waals surface area contributed by atoms with E-state index in [1.165, 1.54) is 0 Å². The van der Waals surface area contributed by atoms with Crippen LogP contribution in [0.15, 0.2) is 59.1 Å². The van der Waals surface area contributed by atoms with Crippen molar-refractivity contribution in [2.45, 2.75) is 13.0 Å². The fraction of sp³-hybridized carbons (Fsp3) is 0.316. The first-order chi connectivity index (χ1) is 11.7. The summed E-state index contributed by atoms with van der Waals surface area (Å²) < 4.78 is 11.7. The van der Waals surface area contributed by atoms with E-state index < -0.39 is 0 Å². The predicted molar refractivity (Wildman–Crippen MR) is 98.0 cm³/mol. The van der Waals surface area contributed by atoms with E-state index in [1.54, 1.807) is 7.11 Å². The molecule has 0 spiro atoms. The van der Waals surface area contributed by atoms with E-state index in [-0.39, 0.29) is 5.91 Å². The van der Waals surface area contributed by atoms with Crippen LogP contribution in [-0.2, 0) is 16.1 Å². The molecule has 5 heteroatoms. The predicted octanol–water partition coefficient (Wildman–Crippen LogP) is 3.89. The highest BCUT2D eigenvalue weighted by Gasteiger charge is 2.14. The van der Waals surface area contributed by atoms with Gasteiger partial charge in [-0.1, -0.05) is 52.3 Å². The summed E-state index contributed by atoms with van der Waals surface area (Å²) in [7, 11) is 1.64. The summed E-state index contributed by atoms with van der Waals surface area (Å²) in [6.07, 6.45) is 0.336. The van der Waals surface area contributed by atoms with Crippen molar-refractivity contribution >= 4 is 21.8 Å². The molecule has 2 aromatic rings. The standard InChI is InChI=1S/C19H22BrNO3/c1-23-13-11-21(15-16-6-3-2-4-7-16)19(22)10-12-24-18-9-5-8-17(20)14-18/h2-9,14H,10-13,15H2,1H3. The molecular formula is C19H22BrNO3. The van der Waals surface area contributed by atoms with Gasteiger partial charge in [0.15, 0.2) is 0 Å². The number of amides is 1. The largest absolute Gasteiger partial charge is 0.493 e. The number of benzene rings is 2. The van der Waals surface area contributed by atoms with E-state index >= 15 is 0 Å². The maximum Gasteiger partial charge on any atom is 0.226 e. The van der Waals surface area contributed by atoms with Crippen molar-refractivity contribution in [3.8, 4) is 5.75 Å². The molecule has 24 heavy (non-hydrogen) atoms. The summed E-state index contributed by atoms with van der Waals surface area (Å²) in [5.41, 5.74) is 1.11. The Morgan fingerprint density at radius 2 is 1.88 bits per heavy atom. The highest BCUT2D eigenvalue weighted by atomic mass is 79.9. The third-order valence-corrected chi connectivity index (χ3v) is 4.01. The third-order valence-electron chi connectivity index (χ3n) is 3.52. The quantitative estimate of drug-likeness (QED) is 0.650. The maximum absolute atomic E-state index is 12.5. The van der Waals surface area contributed by atoms with E-state index in [0.717, 1.165) is 15.8 Å². The van der Waals surface area contributed by atoms with Crippen molar-refractivity contribution in [3.05, 3.63) is 64.6 Å². The monoisotopic (exact) mass is 391 g/mol. The first-order valence-electron chi connectivity index (χ1n) is 7.88. The Morgan fingerprint density at radius 1 is 1.08 bits per heavy atom. The Bertz CT molecular complexity index is 634. The molecule has 0 aromatic heterocycles. The Kier molecular flexibility index (Phi) is 7.79. The molecule has 0 aliphatic carbocycles. The third kappa shape index (κ3) is 6.34. The second kappa shape index (κ2) is 10.1. The molecular weight excluding hydrogens is 370 g/mol. The molecule has 0 unspecified atom stereocenters. The van der Waals surface area contributed by atoms with Gasteiger partial charge in [-0.2, -0.15) is 0 Å². The minimum Gasteiger partial charge on any atom is -0.493 e. The van der Waals surface area contributed by atoms with Gasteiger partial charge in [0.2, 0.25) is 5.91 Å². The molecule has 2 rings (SSSR count). The summed E-state index contributed by atoms with van der Waals surface area (Å²) >= 11 is 3.40. The highest BCUT2D eigenvalue weighted by Crippen LogP contribution is 2.18. The average molecular weight is 392 g/mol. The Balaban J connectivity index is 1.87. The molecule has 2 aromatic carbocycles. The Morgan fingerprint density at radius 3 is 2.58 bits per heavy atom. The molecule has 4 nitrogen and oxygen atoms in total. The van der Waals surface area contributed by atoms with Crippen LogP contribution in [0.2, 0.25) is 0 Å². The van der Waals surface area contributed by atoms with Gasteiger partial charge in [-0.15, -0.1) is 0 Å². The number of hydrogen-bond acceptors (Lipinski definition) is 3. The molecule has 128 valence electrons. The van der Waals surface area contributed by atoms with Crippen molar-refractivity contribution in [3.63, 3.8) is 0 Å². The van der Waals surface area contributed by atoms with Crippen molar-refractivity contribution < 1.29 is 14.3 Å². The molecule has 0 aliphatic rings. The maximum atomic E-state index is 12.5. The molecule has 0 saturated heterocycles. The lowest BCUT2D eigenvalue weighted by atomic mass is 10.2. The van der Waals surface area contributed by atoms with Gasteiger partial charge in [-0.3, -0.25) is 4.79 Å². The highest BCUT2D eigenvalue weighted by molar-refractivity contribution is 9.10. The molecule has 0 saturated carbocycles. The SMILES string of the molecule is COCCN(Cc1ccccc1)C(=O)CCOc1cccc(Br)c1. The van der Waals surface area contributed by atoms with Gasteiger partial charge in [0.1, 0.15) is 5.75 Å². The molecule has 1 amide bonds. The van der Waals surface area contributed by atoms with Crippen LogP contribution in [0.3, 0.4) is 0 Å². The normalized spacial score (nSPS) is 10.4.